The predicted molar refractivity (Wildman–Crippen MR) is 542 cm³/mol. The second-order valence-corrected chi connectivity index (χ2v) is 33.4. The minimum Gasteiger partial charge on any atom is -0.494 e. The Morgan fingerprint density at radius 1 is 0.263 bits per heavy atom. The molecule has 0 atom stereocenters. The number of aromatic amines is 4. The van der Waals surface area contributed by atoms with E-state index in [2.05, 4.69) is 237 Å². The highest BCUT2D eigenvalue weighted by molar-refractivity contribution is 6.09. The van der Waals surface area contributed by atoms with E-state index in [1.165, 1.54) is 32.6 Å². The maximum atomic E-state index is 15.5. The highest BCUT2D eigenvalue weighted by atomic mass is 16.5. The van der Waals surface area contributed by atoms with Crippen LogP contribution in [0.5, 0.6) is 5.75 Å². The average Bonchev–Trinajstić information content (AvgIpc) is 1.62. The number of hydrogen-bond acceptors (Lipinski definition) is 10. The lowest BCUT2D eigenvalue weighted by Gasteiger charge is -2.11. The molecule has 0 unspecified atom stereocenters. The third kappa shape index (κ3) is 18.9. The number of rotatable bonds is 26. The molecule has 16 heteroatoms. The average molecular weight is 1730 g/mol. The van der Waals surface area contributed by atoms with Gasteiger partial charge in [-0.15, -0.1) is 0 Å². The van der Waals surface area contributed by atoms with Crippen molar-refractivity contribution in [2.45, 2.75) is 71.1 Å². The minimum absolute atomic E-state index is 0.0459. The Labute approximate surface area is 770 Å². The first-order valence-corrected chi connectivity index (χ1v) is 45.5. The number of unbranched alkanes of at least 4 members (excludes halogenated alkanes) is 9. The van der Waals surface area contributed by atoms with Gasteiger partial charge in [0.15, 0.2) is 0 Å². The van der Waals surface area contributed by atoms with Crippen molar-refractivity contribution in [1.29, 1.82) is 0 Å². The summed E-state index contributed by atoms with van der Waals surface area (Å²) in [6.45, 7) is 2.56. The zero-order valence-corrected chi connectivity index (χ0v) is 73.4. The van der Waals surface area contributed by atoms with E-state index in [1.54, 1.807) is 12.1 Å². The first-order chi connectivity index (χ1) is 65.6. The molecule has 11 heterocycles. The topological polar surface area (TPSA) is 221 Å². The number of aromatic nitrogens is 9. The largest absolute Gasteiger partial charge is 0.494 e. The summed E-state index contributed by atoms with van der Waals surface area (Å²) in [5.74, 6) is 5.99. The molecule has 6 N–H and O–H groups in total. The van der Waals surface area contributed by atoms with E-state index in [4.69, 9.17) is 34.4 Å². The lowest BCUT2D eigenvalue weighted by atomic mass is 10.0. The van der Waals surface area contributed by atoms with Crippen LogP contribution in [-0.4, -0.2) is 75.9 Å². The van der Waals surface area contributed by atoms with Gasteiger partial charge in [-0.3, -0.25) is 14.4 Å². The standard InChI is InChI=1S/C117H93N11O5/c1-76(129)132-70-28-8-6-4-2-3-5-7-9-29-71-133-89-52-50-77(51-53-89)48-49-78-72-106(116(130)118-87-46-30-44-85(74-87)114-102-66-62-98(124-102)110(81-36-20-12-21-37-81)94-58-54-90(120-94)108(79-32-16-10-17-33-79)91-55-59-95(121-91)111(82-38-22-13-23-39-82)99-63-67-103(114)125-99)128-107(73-78)117(131)119-88-47-31-45-86(75-88)115-104-68-64-100(126-104)112(83-40-24-14-25-41-83)96-60-56-92(122-96)109(80-34-18-11-19-35-80)93-57-61-97(123-93)113(84-42-26-15-27-43-84)101-65-69-105(115)127-101/h10-27,30-47,50-69,72-75,120,122,125,127H,2-9,28-29,70-71H2,1H3,(H,118,130)(H,119,131). The summed E-state index contributed by atoms with van der Waals surface area (Å²) in [5.41, 5.74) is 29.3. The van der Waals surface area contributed by atoms with E-state index in [9.17, 15) is 4.79 Å². The Morgan fingerprint density at radius 2 is 0.519 bits per heavy atom. The summed E-state index contributed by atoms with van der Waals surface area (Å²) in [5, 5.41) is 6.40. The molecule has 20 rings (SSSR count). The van der Waals surface area contributed by atoms with Crippen molar-refractivity contribution in [3.05, 3.63) is 384 Å². The molecule has 646 valence electrons. The summed E-state index contributed by atoms with van der Waals surface area (Å²) in [4.78, 5) is 84.5. The number of pyridine rings is 1. The van der Waals surface area contributed by atoms with Crippen molar-refractivity contribution in [2.24, 2.45) is 0 Å². The lowest BCUT2D eigenvalue weighted by molar-refractivity contribution is -0.141. The van der Waals surface area contributed by atoms with Crippen molar-refractivity contribution in [2.75, 3.05) is 23.8 Å². The van der Waals surface area contributed by atoms with Gasteiger partial charge in [0, 0.05) is 118 Å². The van der Waals surface area contributed by atoms with Crippen LogP contribution in [0.25, 0.3) is 182 Å². The van der Waals surface area contributed by atoms with Crippen LogP contribution in [0.2, 0.25) is 0 Å². The Morgan fingerprint density at radius 3 is 0.805 bits per heavy atom. The van der Waals surface area contributed by atoms with E-state index in [1.807, 2.05) is 158 Å². The number of ether oxygens (including phenoxy) is 2. The van der Waals surface area contributed by atoms with Crippen molar-refractivity contribution in [1.82, 2.24) is 44.9 Å². The van der Waals surface area contributed by atoms with Gasteiger partial charge in [-0.25, -0.2) is 24.9 Å². The molecule has 16 bridgehead atoms. The number of anilines is 2. The summed E-state index contributed by atoms with van der Waals surface area (Å²) >= 11 is 0. The number of amides is 2. The van der Waals surface area contributed by atoms with E-state index in [0.717, 1.165) is 212 Å². The third-order valence-electron chi connectivity index (χ3n) is 24.3. The van der Waals surface area contributed by atoms with E-state index >= 15 is 9.59 Å². The SMILES string of the molecule is CC(=O)OCCCCCCCCCCCCOc1ccc(C#Cc2cc(C(=O)Nc3cccc(-c4c5nc(c(-c6ccccc6)c6ccc([nH]6)c(-c6ccccc6)c6nc(c(-c7ccccc7)c7ccc4[nH]7)C=C6)C=C5)c3)nc(C(=O)Nc3cccc(-c4c5nc(c(-c6ccccc6)c6ccc([nH]6)c(-c6ccccc6)c6nc(c(-c7ccccc7)c7ccc4[nH]7)C=C6)C=C5)c3)c2)cc1. The number of nitrogens with zero attached hydrogens (tertiary/aromatic N) is 5. The van der Waals surface area contributed by atoms with Crippen LogP contribution in [0.1, 0.15) is 149 Å². The molecule has 0 saturated carbocycles. The fraction of sp³-hybridized carbons (Fsp3) is 0.111. The number of fused-ring (bicyclic) bond motifs is 16. The summed E-state index contributed by atoms with van der Waals surface area (Å²) < 4.78 is 11.3. The fourth-order valence-corrected chi connectivity index (χ4v) is 18.0. The highest BCUT2D eigenvalue weighted by Gasteiger charge is 2.25. The number of hydrogen-bond donors (Lipinski definition) is 6. The van der Waals surface area contributed by atoms with Gasteiger partial charge >= 0.3 is 5.97 Å². The number of benzene rings is 9. The molecule has 0 aliphatic carbocycles. The van der Waals surface area contributed by atoms with Crippen LogP contribution in [0.3, 0.4) is 0 Å². The normalized spacial score (nSPS) is 11.8. The fourth-order valence-electron chi connectivity index (χ4n) is 18.0. The van der Waals surface area contributed by atoms with Crippen LogP contribution < -0.4 is 15.4 Å². The van der Waals surface area contributed by atoms with Gasteiger partial charge in [0.05, 0.1) is 58.8 Å². The molecule has 16 nitrogen and oxygen atoms in total. The zero-order chi connectivity index (χ0) is 89.8. The number of H-pyrrole nitrogens is 4. The Bertz CT molecular complexity index is 7220. The van der Waals surface area contributed by atoms with Gasteiger partial charge < -0.3 is 40.0 Å². The van der Waals surface area contributed by atoms with Crippen molar-refractivity contribution >= 4 is 122 Å². The van der Waals surface area contributed by atoms with E-state index < -0.39 is 11.8 Å². The van der Waals surface area contributed by atoms with Crippen LogP contribution in [0, 0.1) is 11.8 Å². The molecular formula is C117H93N11O5. The maximum Gasteiger partial charge on any atom is 0.302 e. The summed E-state index contributed by atoms with van der Waals surface area (Å²) in [6.07, 6.45) is 27.8. The van der Waals surface area contributed by atoms with Crippen LogP contribution >= 0.6 is 0 Å². The van der Waals surface area contributed by atoms with Crippen LogP contribution in [-0.2, 0) is 9.53 Å². The molecule has 16 aromatic rings. The van der Waals surface area contributed by atoms with E-state index in [-0.39, 0.29) is 17.4 Å². The second kappa shape index (κ2) is 39.0. The molecule has 2 amide bonds. The molecule has 133 heavy (non-hydrogen) atoms. The Hall–Kier alpha value is -16.9. The first kappa shape index (κ1) is 84.3. The third-order valence-corrected chi connectivity index (χ3v) is 24.3. The summed E-state index contributed by atoms with van der Waals surface area (Å²) in [6, 6.07) is 105. The smallest absolute Gasteiger partial charge is 0.302 e. The monoisotopic (exact) mass is 1730 g/mol. The van der Waals surface area contributed by atoms with E-state index in [0.29, 0.717) is 47.1 Å². The number of nitrogens with one attached hydrogen (secondary N) is 6. The first-order valence-electron chi connectivity index (χ1n) is 45.5. The lowest BCUT2D eigenvalue weighted by Crippen LogP contribution is -2.19. The summed E-state index contributed by atoms with van der Waals surface area (Å²) in [7, 11) is 0. The molecule has 4 aliphatic rings. The second-order valence-electron chi connectivity index (χ2n) is 33.4. The van der Waals surface area contributed by atoms with Gasteiger partial charge in [0.1, 0.15) is 17.1 Å². The van der Waals surface area contributed by atoms with Crippen LogP contribution in [0.4, 0.5) is 11.4 Å². The molecule has 0 fully saturated rings. The minimum atomic E-state index is -0.577. The number of carbonyl (C=O) groups is 3. The predicted octanol–water partition coefficient (Wildman–Crippen LogP) is 28.1. The molecule has 0 radical (unpaired) electrons. The van der Waals surface area contributed by atoms with Gasteiger partial charge in [-0.1, -0.05) is 269 Å². The molecule has 0 spiro atoms. The Balaban J connectivity index is 0.658. The highest BCUT2D eigenvalue weighted by Crippen LogP contribution is 2.43. The quantitative estimate of drug-likeness (QED) is 0.0171. The van der Waals surface area contributed by atoms with Crippen molar-refractivity contribution in [3.63, 3.8) is 0 Å². The maximum absolute atomic E-state index is 15.5. The Kier molecular flexibility index (Phi) is 24.7. The van der Waals surface area contributed by atoms with Gasteiger partial charge in [0.25, 0.3) is 11.8 Å². The number of carbonyl (C=O) groups excluding carboxylic acids is 3. The molecule has 0 saturated heterocycles. The van der Waals surface area contributed by atoms with Gasteiger partial charge in [0.2, 0.25) is 0 Å². The van der Waals surface area contributed by atoms with Gasteiger partial charge in [-0.2, -0.15) is 0 Å². The van der Waals surface area contributed by atoms with Crippen LogP contribution in [0.15, 0.2) is 315 Å². The molecular weight excluding hydrogens is 1640 g/mol. The van der Waals surface area contributed by atoms with Crippen molar-refractivity contribution in [3.8, 4) is 107 Å². The number of esters is 1. The molecule has 4 aliphatic heterocycles. The molecule has 7 aromatic heterocycles. The van der Waals surface area contributed by atoms with Gasteiger partial charge in [-0.05, 0) is 215 Å². The zero-order valence-electron chi connectivity index (χ0n) is 73.4. The van der Waals surface area contributed by atoms with Crippen molar-refractivity contribution < 1.29 is 23.9 Å². The molecule has 9 aromatic carbocycles.